The summed E-state index contributed by atoms with van der Waals surface area (Å²) in [5.41, 5.74) is 3.21. The van der Waals surface area contributed by atoms with E-state index in [9.17, 15) is 4.79 Å². The number of carbonyl (C=O) groups excluding carboxylic acids is 1. The maximum atomic E-state index is 10.3. The second kappa shape index (κ2) is 4.22. The van der Waals surface area contributed by atoms with E-state index >= 15 is 0 Å². The van der Waals surface area contributed by atoms with Gasteiger partial charge in [0.15, 0.2) is 0 Å². The van der Waals surface area contributed by atoms with E-state index < -0.39 is 0 Å². The molecule has 0 aliphatic heterocycles. The highest BCUT2D eigenvalue weighted by molar-refractivity contribution is 5.79. The van der Waals surface area contributed by atoms with Crippen LogP contribution < -0.4 is 0 Å². The Balaban J connectivity index is 2.40. The number of hydrogen-bond acceptors (Lipinski definition) is 2. The van der Waals surface area contributed by atoms with Crippen LogP contribution in [0.25, 0.3) is 10.9 Å². The molecule has 2 aromatic rings. The van der Waals surface area contributed by atoms with Crippen molar-refractivity contribution in [2.75, 3.05) is 0 Å². The highest BCUT2D eigenvalue weighted by Crippen LogP contribution is 2.15. The highest BCUT2D eigenvalue weighted by atomic mass is 16.1. The lowest BCUT2D eigenvalue weighted by molar-refractivity contribution is -0.107. The zero-order chi connectivity index (χ0) is 10.7. The molecular formula is C13H13NO. The normalized spacial score (nSPS) is 10.5. The first-order chi connectivity index (χ1) is 7.29. The van der Waals surface area contributed by atoms with Gasteiger partial charge in [-0.1, -0.05) is 18.2 Å². The van der Waals surface area contributed by atoms with Crippen LogP contribution in [0.4, 0.5) is 0 Å². The molecule has 2 nitrogen and oxygen atoms in total. The molecule has 0 aliphatic carbocycles. The summed E-state index contributed by atoms with van der Waals surface area (Å²) in [7, 11) is 0. The maximum absolute atomic E-state index is 10.3. The zero-order valence-corrected chi connectivity index (χ0v) is 8.73. The van der Waals surface area contributed by atoms with E-state index in [-0.39, 0.29) is 0 Å². The number of nitrogens with zero attached hydrogens (tertiary/aromatic N) is 1. The summed E-state index contributed by atoms with van der Waals surface area (Å²) in [5, 5.41) is 1.15. The van der Waals surface area contributed by atoms with Gasteiger partial charge in [0.25, 0.3) is 0 Å². The minimum Gasteiger partial charge on any atom is -0.303 e. The third kappa shape index (κ3) is 2.21. The van der Waals surface area contributed by atoms with Gasteiger partial charge in [-0.3, -0.25) is 4.98 Å². The van der Waals surface area contributed by atoms with E-state index in [1.807, 2.05) is 13.0 Å². The Morgan fingerprint density at radius 3 is 2.87 bits per heavy atom. The molecule has 15 heavy (non-hydrogen) atoms. The van der Waals surface area contributed by atoms with Gasteiger partial charge in [-0.25, -0.2) is 0 Å². The van der Waals surface area contributed by atoms with Crippen molar-refractivity contribution in [1.82, 2.24) is 4.98 Å². The van der Waals surface area contributed by atoms with Gasteiger partial charge in [-0.15, -0.1) is 0 Å². The van der Waals surface area contributed by atoms with Crippen LogP contribution in [-0.4, -0.2) is 11.3 Å². The first kappa shape index (κ1) is 9.84. The summed E-state index contributed by atoms with van der Waals surface area (Å²) in [4.78, 5) is 14.7. The molecule has 0 saturated carbocycles. The molecule has 0 radical (unpaired) electrons. The number of aromatic nitrogens is 1. The van der Waals surface area contributed by atoms with Gasteiger partial charge in [0, 0.05) is 17.5 Å². The molecule has 0 unspecified atom stereocenters. The van der Waals surface area contributed by atoms with E-state index in [0.717, 1.165) is 29.3 Å². The smallest absolute Gasteiger partial charge is 0.120 e. The van der Waals surface area contributed by atoms with E-state index in [4.69, 9.17) is 0 Å². The molecule has 0 fully saturated rings. The largest absolute Gasteiger partial charge is 0.303 e. The number of aldehydes is 1. The molecule has 1 aromatic carbocycles. The van der Waals surface area contributed by atoms with E-state index in [1.54, 1.807) is 0 Å². The van der Waals surface area contributed by atoms with Crippen molar-refractivity contribution >= 4 is 17.2 Å². The third-order valence-electron chi connectivity index (χ3n) is 2.45. The van der Waals surface area contributed by atoms with Crippen molar-refractivity contribution in [3.63, 3.8) is 0 Å². The molecule has 1 heterocycles. The van der Waals surface area contributed by atoms with Gasteiger partial charge >= 0.3 is 0 Å². The molecular weight excluding hydrogens is 186 g/mol. The lowest BCUT2D eigenvalue weighted by Crippen LogP contribution is -1.88. The first-order valence-corrected chi connectivity index (χ1v) is 5.09. The molecule has 0 spiro atoms. The van der Waals surface area contributed by atoms with Gasteiger partial charge in [-0.05, 0) is 31.0 Å². The van der Waals surface area contributed by atoms with Crippen LogP contribution in [0.15, 0.2) is 30.3 Å². The van der Waals surface area contributed by atoms with Crippen molar-refractivity contribution in [2.24, 2.45) is 0 Å². The summed E-state index contributed by atoms with van der Waals surface area (Å²) < 4.78 is 0. The minimum atomic E-state index is 0.581. The highest BCUT2D eigenvalue weighted by Gasteiger charge is 1.98. The number of benzene rings is 1. The second-order valence-corrected chi connectivity index (χ2v) is 3.69. The van der Waals surface area contributed by atoms with Crippen LogP contribution in [-0.2, 0) is 11.2 Å². The Morgan fingerprint density at radius 1 is 1.27 bits per heavy atom. The summed E-state index contributed by atoms with van der Waals surface area (Å²) in [5.74, 6) is 0. The fraction of sp³-hybridized carbons (Fsp3) is 0.231. The number of fused-ring (bicyclic) bond motifs is 1. The predicted octanol–water partition coefficient (Wildman–Crippen LogP) is 2.67. The van der Waals surface area contributed by atoms with Gasteiger partial charge < -0.3 is 4.79 Å². The number of carbonyl (C=O) groups is 1. The zero-order valence-electron chi connectivity index (χ0n) is 8.73. The van der Waals surface area contributed by atoms with Crippen molar-refractivity contribution in [2.45, 2.75) is 19.8 Å². The van der Waals surface area contributed by atoms with Gasteiger partial charge in [0.1, 0.15) is 6.29 Å². The lowest BCUT2D eigenvalue weighted by Gasteiger charge is -2.02. The second-order valence-electron chi connectivity index (χ2n) is 3.69. The fourth-order valence-corrected chi connectivity index (χ4v) is 1.65. The van der Waals surface area contributed by atoms with Gasteiger partial charge in [0.05, 0.1) is 5.52 Å². The quantitative estimate of drug-likeness (QED) is 0.711. The van der Waals surface area contributed by atoms with E-state index in [0.29, 0.717) is 6.42 Å². The average molecular weight is 199 g/mol. The summed E-state index contributed by atoms with van der Waals surface area (Å²) in [6, 6.07) is 10.3. The number of pyridine rings is 1. The van der Waals surface area contributed by atoms with Crippen molar-refractivity contribution < 1.29 is 4.79 Å². The lowest BCUT2D eigenvalue weighted by atomic mass is 10.1. The molecule has 2 heteroatoms. The molecule has 0 amide bonds. The molecule has 0 N–H and O–H groups in total. The average Bonchev–Trinajstić information content (AvgIpc) is 2.25. The molecule has 0 aliphatic rings. The topological polar surface area (TPSA) is 30.0 Å². The van der Waals surface area contributed by atoms with Crippen LogP contribution in [0, 0.1) is 6.92 Å². The Labute approximate surface area is 89.0 Å². The minimum absolute atomic E-state index is 0.581. The Bertz CT molecular complexity index is 491. The monoisotopic (exact) mass is 199 g/mol. The molecule has 0 atom stereocenters. The van der Waals surface area contributed by atoms with Crippen LogP contribution >= 0.6 is 0 Å². The number of aryl methyl sites for hydroxylation is 2. The standard InChI is InChI=1S/C13H13NO/c1-10-4-6-12-7-5-11(3-2-8-15)9-13(12)14-10/h4-9H,2-3H2,1H3. The Morgan fingerprint density at radius 2 is 2.07 bits per heavy atom. The number of rotatable bonds is 3. The molecule has 0 bridgehead atoms. The Kier molecular flexibility index (Phi) is 2.77. The van der Waals surface area contributed by atoms with Gasteiger partial charge in [0.2, 0.25) is 0 Å². The van der Waals surface area contributed by atoms with Crippen molar-refractivity contribution in [3.05, 3.63) is 41.6 Å². The maximum Gasteiger partial charge on any atom is 0.120 e. The third-order valence-corrected chi connectivity index (χ3v) is 2.45. The first-order valence-electron chi connectivity index (χ1n) is 5.09. The summed E-state index contributed by atoms with van der Waals surface area (Å²) in [6.07, 6.45) is 2.33. The van der Waals surface area contributed by atoms with Gasteiger partial charge in [-0.2, -0.15) is 0 Å². The van der Waals surface area contributed by atoms with Crippen LogP contribution in [0.2, 0.25) is 0 Å². The van der Waals surface area contributed by atoms with E-state index in [2.05, 4.69) is 29.2 Å². The predicted molar refractivity (Wildman–Crippen MR) is 60.9 cm³/mol. The molecule has 1 aromatic heterocycles. The van der Waals surface area contributed by atoms with Crippen molar-refractivity contribution in [1.29, 1.82) is 0 Å². The summed E-state index contributed by atoms with van der Waals surface area (Å²) >= 11 is 0. The fourth-order valence-electron chi connectivity index (χ4n) is 1.65. The van der Waals surface area contributed by atoms with Crippen LogP contribution in [0.3, 0.4) is 0 Å². The molecule has 0 saturated heterocycles. The van der Waals surface area contributed by atoms with Crippen LogP contribution in [0.1, 0.15) is 17.7 Å². The Hall–Kier alpha value is -1.70. The molecule has 76 valence electrons. The molecule has 2 rings (SSSR count). The number of hydrogen-bond donors (Lipinski definition) is 0. The van der Waals surface area contributed by atoms with E-state index in [1.165, 1.54) is 5.56 Å². The summed E-state index contributed by atoms with van der Waals surface area (Å²) in [6.45, 7) is 1.98. The SMILES string of the molecule is Cc1ccc2ccc(CCC=O)cc2n1. The van der Waals surface area contributed by atoms with Crippen LogP contribution in [0.5, 0.6) is 0 Å². The van der Waals surface area contributed by atoms with Crippen molar-refractivity contribution in [3.8, 4) is 0 Å².